The van der Waals surface area contributed by atoms with E-state index in [-0.39, 0.29) is 24.7 Å². The summed E-state index contributed by atoms with van der Waals surface area (Å²) in [5, 5.41) is 12.0. The van der Waals surface area contributed by atoms with E-state index in [4.69, 9.17) is 9.84 Å². The van der Waals surface area contributed by atoms with Crippen molar-refractivity contribution in [1.29, 1.82) is 0 Å². The molecule has 0 radical (unpaired) electrons. The van der Waals surface area contributed by atoms with E-state index in [2.05, 4.69) is 17.4 Å². The van der Waals surface area contributed by atoms with Crippen LogP contribution in [-0.2, 0) is 16.0 Å². The lowest BCUT2D eigenvalue weighted by atomic mass is 9.88. The third kappa shape index (κ3) is 4.74. The summed E-state index contributed by atoms with van der Waals surface area (Å²) in [5.41, 5.74) is 2.54. The van der Waals surface area contributed by atoms with Gasteiger partial charge in [0.15, 0.2) is 0 Å². The first kappa shape index (κ1) is 18.7. The summed E-state index contributed by atoms with van der Waals surface area (Å²) in [6, 6.07) is 8.29. The minimum absolute atomic E-state index is 0.0368. The van der Waals surface area contributed by atoms with Crippen molar-refractivity contribution in [2.45, 2.75) is 31.4 Å². The molecular weight excluding hydrogens is 334 g/mol. The first-order valence-electron chi connectivity index (χ1n) is 9.18. The van der Waals surface area contributed by atoms with Gasteiger partial charge in [-0.25, -0.2) is 4.79 Å². The maximum Gasteiger partial charge on any atom is 0.318 e. The monoisotopic (exact) mass is 361 g/mol. The number of carboxylic acids is 1. The highest BCUT2D eigenvalue weighted by Crippen LogP contribution is 2.29. The van der Waals surface area contributed by atoms with Crippen molar-refractivity contribution >= 4 is 12.0 Å². The Morgan fingerprint density at radius 2 is 2.19 bits per heavy atom. The number of benzene rings is 1. The molecule has 1 aromatic carbocycles. The molecule has 0 spiro atoms. The summed E-state index contributed by atoms with van der Waals surface area (Å²) < 4.78 is 5.70. The van der Waals surface area contributed by atoms with Crippen molar-refractivity contribution in [3.63, 3.8) is 0 Å². The quantitative estimate of drug-likeness (QED) is 0.830. The number of hydrogen-bond acceptors (Lipinski definition) is 4. The van der Waals surface area contributed by atoms with Gasteiger partial charge in [0.2, 0.25) is 0 Å². The number of aliphatic carboxylic acids is 1. The number of morpholine rings is 1. The van der Waals surface area contributed by atoms with Gasteiger partial charge in [0.05, 0.1) is 25.3 Å². The second-order valence-electron chi connectivity index (χ2n) is 7.12. The highest BCUT2D eigenvalue weighted by Gasteiger charge is 2.28. The van der Waals surface area contributed by atoms with Gasteiger partial charge in [0.25, 0.3) is 0 Å². The van der Waals surface area contributed by atoms with E-state index in [1.807, 2.05) is 12.1 Å². The number of nitrogens with one attached hydrogen (secondary N) is 1. The fourth-order valence-corrected chi connectivity index (χ4v) is 3.80. The summed E-state index contributed by atoms with van der Waals surface area (Å²) in [6.45, 7) is 1.96. The summed E-state index contributed by atoms with van der Waals surface area (Å²) in [4.78, 5) is 27.0. The number of ether oxygens (including phenoxy) is 1. The van der Waals surface area contributed by atoms with Crippen LogP contribution in [0.15, 0.2) is 24.3 Å². The molecule has 2 unspecified atom stereocenters. The number of carboxylic acid groups (broad SMARTS) is 1. The first-order valence-corrected chi connectivity index (χ1v) is 9.18. The number of urea groups is 1. The lowest BCUT2D eigenvalue weighted by molar-refractivity contribution is -0.138. The van der Waals surface area contributed by atoms with Crippen molar-refractivity contribution in [3.05, 3.63) is 35.4 Å². The lowest BCUT2D eigenvalue weighted by Gasteiger charge is -2.36. The normalized spacial score (nSPS) is 22.8. The molecule has 0 aromatic heterocycles. The Labute approximate surface area is 153 Å². The van der Waals surface area contributed by atoms with Crippen molar-refractivity contribution in [1.82, 2.24) is 15.1 Å². The number of nitrogens with zero attached hydrogens (tertiary/aromatic N) is 2. The summed E-state index contributed by atoms with van der Waals surface area (Å²) in [6.07, 6.45) is 2.93. The van der Waals surface area contributed by atoms with Gasteiger partial charge in [0.1, 0.15) is 0 Å². The maximum atomic E-state index is 12.7. The van der Waals surface area contributed by atoms with Crippen molar-refractivity contribution in [2.75, 3.05) is 39.8 Å². The SMILES string of the molecule is CN(CC(=O)O)CC1CN(C(=O)NC2CCCc3ccccc32)CCO1. The van der Waals surface area contributed by atoms with Crippen LogP contribution in [0.5, 0.6) is 0 Å². The van der Waals surface area contributed by atoms with Gasteiger partial charge in [-0.1, -0.05) is 24.3 Å². The maximum absolute atomic E-state index is 12.7. The number of fused-ring (bicyclic) bond motifs is 1. The molecule has 1 aliphatic heterocycles. The molecular formula is C19H27N3O4. The Kier molecular flexibility index (Phi) is 6.11. The minimum Gasteiger partial charge on any atom is -0.480 e. The van der Waals surface area contributed by atoms with Crippen molar-refractivity contribution in [3.8, 4) is 0 Å². The summed E-state index contributed by atoms with van der Waals surface area (Å²) in [7, 11) is 1.75. The number of carbonyl (C=O) groups excluding carboxylic acids is 1. The van der Waals surface area contributed by atoms with Gasteiger partial charge < -0.3 is 20.1 Å². The first-order chi connectivity index (χ1) is 12.5. The third-order valence-electron chi connectivity index (χ3n) is 5.01. The standard InChI is InChI=1S/C19H27N3O4/c1-21(13-18(23)24)11-15-12-22(9-10-26-15)19(25)20-17-8-4-6-14-5-2-3-7-16(14)17/h2-3,5,7,15,17H,4,6,8-13H2,1H3,(H,20,25)(H,23,24). The molecule has 1 heterocycles. The Morgan fingerprint density at radius 3 is 3.00 bits per heavy atom. The number of rotatable bonds is 5. The Balaban J connectivity index is 1.56. The fraction of sp³-hybridized carbons (Fsp3) is 0.579. The molecule has 2 aliphatic rings. The number of aryl methyl sites for hydroxylation is 1. The van der Waals surface area contributed by atoms with E-state index in [1.165, 1.54) is 11.1 Å². The smallest absolute Gasteiger partial charge is 0.318 e. The Bertz CT molecular complexity index is 651. The predicted octanol–water partition coefficient (Wildman–Crippen LogP) is 1.49. The molecule has 1 aliphatic carbocycles. The van der Waals surface area contributed by atoms with Crippen LogP contribution < -0.4 is 5.32 Å². The predicted molar refractivity (Wildman–Crippen MR) is 97.1 cm³/mol. The summed E-state index contributed by atoms with van der Waals surface area (Å²) >= 11 is 0. The van der Waals surface area contributed by atoms with Gasteiger partial charge in [-0.2, -0.15) is 0 Å². The van der Waals surface area contributed by atoms with Crippen LogP contribution in [0.2, 0.25) is 0 Å². The lowest BCUT2D eigenvalue weighted by Crippen LogP contribution is -2.53. The average molecular weight is 361 g/mol. The zero-order chi connectivity index (χ0) is 18.5. The molecule has 2 atom stereocenters. The van der Waals surface area contributed by atoms with Crippen LogP contribution in [0.3, 0.4) is 0 Å². The van der Waals surface area contributed by atoms with E-state index in [0.29, 0.717) is 26.2 Å². The van der Waals surface area contributed by atoms with Crippen LogP contribution in [0.25, 0.3) is 0 Å². The molecule has 7 nitrogen and oxygen atoms in total. The van der Waals surface area contributed by atoms with Gasteiger partial charge in [-0.15, -0.1) is 0 Å². The summed E-state index contributed by atoms with van der Waals surface area (Å²) in [5.74, 6) is -0.867. The Hall–Kier alpha value is -2.12. The van der Waals surface area contributed by atoms with Crippen molar-refractivity contribution < 1.29 is 19.4 Å². The van der Waals surface area contributed by atoms with E-state index in [1.54, 1.807) is 16.8 Å². The minimum atomic E-state index is -0.867. The number of carbonyl (C=O) groups is 2. The second kappa shape index (κ2) is 8.51. The zero-order valence-electron chi connectivity index (χ0n) is 15.2. The van der Waals surface area contributed by atoms with E-state index in [9.17, 15) is 9.59 Å². The molecule has 26 heavy (non-hydrogen) atoms. The molecule has 7 heteroatoms. The van der Waals surface area contributed by atoms with Gasteiger partial charge in [-0.3, -0.25) is 9.69 Å². The molecule has 2 amide bonds. The fourth-order valence-electron chi connectivity index (χ4n) is 3.80. The highest BCUT2D eigenvalue weighted by atomic mass is 16.5. The van der Waals surface area contributed by atoms with E-state index < -0.39 is 5.97 Å². The Morgan fingerprint density at radius 1 is 1.38 bits per heavy atom. The van der Waals surface area contributed by atoms with E-state index >= 15 is 0 Å². The van der Waals surface area contributed by atoms with Crippen molar-refractivity contribution in [2.24, 2.45) is 0 Å². The highest BCUT2D eigenvalue weighted by molar-refractivity contribution is 5.75. The van der Waals surface area contributed by atoms with Gasteiger partial charge in [0, 0.05) is 19.6 Å². The molecule has 3 rings (SSSR count). The van der Waals surface area contributed by atoms with E-state index in [0.717, 1.165) is 19.3 Å². The topological polar surface area (TPSA) is 82.1 Å². The third-order valence-corrected chi connectivity index (χ3v) is 5.01. The van der Waals surface area contributed by atoms with Crippen LogP contribution in [-0.4, -0.2) is 72.8 Å². The molecule has 0 bridgehead atoms. The molecule has 142 valence electrons. The van der Waals surface area contributed by atoms with Gasteiger partial charge in [-0.05, 0) is 37.4 Å². The molecule has 0 saturated carbocycles. The number of likely N-dealkylation sites (N-methyl/N-ethyl adjacent to an activating group) is 1. The van der Waals surface area contributed by atoms with Crippen LogP contribution in [0, 0.1) is 0 Å². The molecule has 1 fully saturated rings. The van der Waals surface area contributed by atoms with Crippen LogP contribution >= 0.6 is 0 Å². The zero-order valence-corrected chi connectivity index (χ0v) is 15.2. The van der Waals surface area contributed by atoms with Gasteiger partial charge >= 0.3 is 12.0 Å². The number of hydrogen-bond donors (Lipinski definition) is 2. The second-order valence-corrected chi connectivity index (χ2v) is 7.12. The average Bonchev–Trinajstić information content (AvgIpc) is 2.61. The van der Waals surface area contributed by atoms with Crippen LogP contribution in [0.4, 0.5) is 4.79 Å². The largest absolute Gasteiger partial charge is 0.480 e. The molecule has 2 N–H and O–H groups in total. The molecule has 1 aromatic rings. The molecule has 1 saturated heterocycles. The van der Waals surface area contributed by atoms with Crippen LogP contribution in [0.1, 0.15) is 30.0 Å². The number of amides is 2.